The molecule has 2 atom stereocenters. The molecule has 0 radical (unpaired) electrons. The van der Waals surface area contributed by atoms with Crippen LogP contribution in [0.25, 0.3) is 10.9 Å². The molecule has 2 aromatic carbocycles. The summed E-state index contributed by atoms with van der Waals surface area (Å²) in [5.74, 6) is 1.19. The summed E-state index contributed by atoms with van der Waals surface area (Å²) in [4.78, 5) is 6.75. The van der Waals surface area contributed by atoms with Gasteiger partial charge in [-0.2, -0.15) is 0 Å². The van der Waals surface area contributed by atoms with Crippen molar-refractivity contribution in [2.24, 2.45) is 5.92 Å². The van der Waals surface area contributed by atoms with Gasteiger partial charge in [0.15, 0.2) is 0 Å². The topological polar surface area (TPSA) is 45.6 Å². The van der Waals surface area contributed by atoms with Crippen LogP contribution in [0.15, 0.2) is 54.7 Å². The number of aliphatic hydroxyl groups excluding tert-OH is 1. The Bertz CT molecular complexity index is 951. The number of likely N-dealkylation sites (tertiary alicyclic amines) is 1. The second kappa shape index (κ2) is 8.29. The Morgan fingerprint density at radius 1 is 1.11 bits per heavy atom. The van der Waals surface area contributed by atoms with Crippen molar-refractivity contribution in [3.05, 3.63) is 71.4 Å². The van der Waals surface area contributed by atoms with Crippen LogP contribution >= 0.6 is 0 Å². The fourth-order valence-corrected chi connectivity index (χ4v) is 4.19. The fraction of sp³-hybridized carbons (Fsp3) is 0.375. The van der Waals surface area contributed by atoms with Crippen molar-refractivity contribution in [3.8, 4) is 5.75 Å². The number of benzene rings is 2. The van der Waals surface area contributed by atoms with Gasteiger partial charge in [-0.05, 0) is 49.6 Å². The van der Waals surface area contributed by atoms with Gasteiger partial charge in [-0.25, -0.2) is 0 Å². The fourth-order valence-electron chi connectivity index (χ4n) is 4.19. The Morgan fingerprint density at radius 2 is 1.96 bits per heavy atom. The van der Waals surface area contributed by atoms with Gasteiger partial charge in [-0.15, -0.1) is 0 Å². The molecule has 1 fully saturated rings. The van der Waals surface area contributed by atoms with Crippen LogP contribution in [0, 0.1) is 19.8 Å². The molecule has 4 rings (SSSR count). The molecule has 146 valence electrons. The number of hydrogen-bond acceptors (Lipinski definition) is 4. The highest BCUT2D eigenvalue weighted by Gasteiger charge is 2.31. The van der Waals surface area contributed by atoms with Gasteiger partial charge in [0, 0.05) is 37.1 Å². The molecule has 0 saturated carbocycles. The molecule has 4 heteroatoms. The molecule has 1 aliphatic rings. The summed E-state index contributed by atoms with van der Waals surface area (Å²) in [6.45, 7) is 7.25. The average Bonchev–Trinajstić information content (AvgIpc) is 3.03. The molecule has 0 spiro atoms. The number of fused-ring (bicyclic) bond motifs is 1. The van der Waals surface area contributed by atoms with E-state index in [-0.39, 0.29) is 12.0 Å². The summed E-state index contributed by atoms with van der Waals surface area (Å²) in [6.07, 6.45) is 2.45. The number of para-hydroxylation sites is 1. The number of β-amino-alcohol motifs (C(OH)–C–C–N with tert-alkyl or cyclic N) is 1. The number of rotatable bonds is 6. The third-order valence-corrected chi connectivity index (χ3v) is 5.70. The minimum absolute atomic E-state index is 0.243. The summed E-state index contributed by atoms with van der Waals surface area (Å²) >= 11 is 0. The van der Waals surface area contributed by atoms with E-state index in [1.807, 2.05) is 24.4 Å². The van der Waals surface area contributed by atoms with Crippen molar-refractivity contribution < 1.29 is 9.84 Å². The second-order valence-electron chi connectivity index (χ2n) is 7.90. The van der Waals surface area contributed by atoms with Crippen LogP contribution in [0.5, 0.6) is 5.75 Å². The molecule has 0 aliphatic carbocycles. The lowest BCUT2D eigenvalue weighted by Crippen LogP contribution is -2.27. The smallest absolute Gasteiger partial charge is 0.122 e. The molecule has 28 heavy (non-hydrogen) atoms. The van der Waals surface area contributed by atoms with E-state index in [0.29, 0.717) is 13.2 Å². The van der Waals surface area contributed by atoms with Gasteiger partial charge in [0.2, 0.25) is 0 Å². The zero-order valence-corrected chi connectivity index (χ0v) is 16.6. The van der Waals surface area contributed by atoms with Gasteiger partial charge in [0.05, 0.1) is 11.6 Å². The number of nitrogens with zero attached hydrogens (tertiary/aromatic N) is 2. The first-order valence-electron chi connectivity index (χ1n) is 10.0. The first-order chi connectivity index (χ1) is 13.6. The van der Waals surface area contributed by atoms with Crippen molar-refractivity contribution in [1.29, 1.82) is 0 Å². The summed E-state index contributed by atoms with van der Waals surface area (Å²) in [5.41, 5.74) is 4.71. The minimum atomic E-state index is -0.298. The molecule has 2 heterocycles. The Kier molecular flexibility index (Phi) is 5.60. The SMILES string of the molecule is Cc1ccc(OCCN2C[C@@H](Cc3ccnc4ccccc34)[C@H](O)C2)c(C)c1. The normalized spacial score (nSPS) is 20.0. The van der Waals surface area contributed by atoms with E-state index in [4.69, 9.17) is 4.74 Å². The quantitative estimate of drug-likeness (QED) is 0.711. The van der Waals surface area contributed by atoms with Crippen molar-refractivity contribution in [2.75, 3.05) is 26.2 Å². The molecular formula is C24H28N2O2. The first-order valence-corrected chi connectivity index (χ1v) is 10.0. The monoisotopic (exact) mass is 376 g/mol. The van der Waals surface area contributed by atoms with Gasteiger partial charge in [0.1, 0.15) is 12.4 Å². The van der Waals surface area contributed by atoms with Crippen molar-refractivity contribution in [1.82, 2.24) is 9.88 Å². The number of aryl methyl sites for hydroxylation is 2. The third kappa shape index (κ3) is 4.18. The first kappa shape index (κ1) is 18.9. The molecule has 4 nitrogen and oxygen atoms in total. The Morgan fingerprint density at radius 3 is 2.82 bits per heavy atom. The van der Waals surface area contributed by atoms with Crippen molar-refractivity contribution in [3.63, 3.8) is 0 Å². The number of ether oxygens (including phenoxy) is 1. The summed E-state index contributed by atoms with van der Waals surface area (Å²) in [6, 6.07) is 16.6. The molecule has 0 bridgehead atoms. The molecule has 0 amide bonds. The van der Waals surface area contributed by atoms with E-state index >= 15 is 0 Å². The highest BCUT2D eigenvalue weighted by molar-refractivity contribution is 5.81. The summed E-state index contributed by atoms with van der Waals surface area (Å²) in [7, 11) is 0. The number of pyridine rings is 1. The maximum atomic E-state index is 10.6. The highest BCUT2D eigenvalue weighted by atomic mass is 16.5. The lowest BCUT2D eigenvalue weighted by Gasteiger charge is -2.17. The van der Waals surface area contributed by atoms with Gasteiger partial charge >= 0.3 is 0 Å². The average molecular weight is 377 g/mol. The van der Waals surface area contributed by atoms with E-state index < -0.39 is 0 Å². The number of aliphatic hydroxyl groups is 1. The second-order valence-corrected chi connectivity index (χ2v) is 7.90. The maximum absolute atomic E-state index is 10.6. The molecule has 0 unspecified atom stereocenters. The lowest BCUT2D eigenvalue weighted by molar-refractivity contribution is 0.139. The number of hydrogen-bond donors (Lipinski definition) is 1. The Labute approximate surface area is 166 Å². The van der Waals surface area contributed by atoms with Crippen LogP contribution < -0.4 is 4.74 Å². The van der Waals surface area contributed by atoms with Crippen LogP contribution in [-0.4, -0.2) is 47.3 Å². The number of aromatic nitrogens is 1. The van der Waals surface area contributed by atoms with Gasteiger partial charge in [0.25, 0.3) is 0 Å². The van der Waals surface area contributed by atoms with Crippen LogP contribution in [0.4, 0.5) is 0 Å². The zero-order chi connectivity index (χ0) is 19.5. The maximum Gasteiger partial charge on any atom is 0.122 e. The van der Waals surface area contributed by atoms with Crippen LogP contribution in [-0.2, 0) is 6.42 Å². The highest BCUT2D eigenvalue weighted by Crippen LogP contribution is 2.25. The lowest BCUT2D eigenvalue weighted by atomic mass is 9.94. The zero-order valence-electron chi connectivity index (χ0n) is 16.6. The van der Waals surface area contributed by atoms with Crippen LogP contribution in [0.3, 0.4) is 0 Å². The third-order valence-electron chi connectivity index (χ3n) is 5.70. The molecule has 3 aromatic rings. The van der Waals surface area contributed by atoms with Crippen LogP contribution in [0.1, 0.15) is 16.7 Å². The molecule has 1 N–H and O–H groups in total. The molecular weight excluding hydrogens is 348 g/mol. The van der Waals surface area contributed by atoms with E-state index in [0.717, 1.165) is 30.8 Å². The van der Waals surface area contributed by atoms with Gasteiger partial charge in [-0.1, -0.05) is 35.9 Å². The van der Waals surface area contributed by atoms with E-state index in [2.05, 4.69) is 54.1 Å². The van der Waals surface area contributed by atoms with Crippen molar-refractivity contribution in [2.45, 2.75) is 26.4 Å². The van der Waals surface area contributed by atoms with E-state index in [9.17, 15) is 5.11 Å². The van der Waals surface area contributed by atoms with E-state index in [1.165, 1.54) is 22.1 Å². The minimum Gasteiger partial charge on any atom is -0.492 e. The molecule has 1 saturated heterocycles. The molecule has 1 aromatic heterocycles. The van der Waals surface area contributed by atoms with E-state index in [1.54, 1.807) is 0 Å². The van der Waals surface area contributed by atoms with Crippen LogP contribution in [0.2, 0.25) is 0 Å². The predicted octanol–water partition coefficient (Wildman–Crippen LogP) is 3.77. The Balaban J connectivity index is 1.34. The summed E-state index contributed by atoms with van der Waals surface area (Å²) in [5, 5.41) is 11.8. The summed E-state index contributed by atoms with van der Waals surface area (Å²) < 4.78 is 5.97. The van der Waals surface area contributed by atoms with Gasteiger partial charge < -0.3 is 9.84 Å². The standard InChI is InChI=1S/C24H28N2O2/c1-17-7-8-24(18(2)13-17)28-12-11-26-15-20(23(27)16-26)14-19-9-10-25-22-6-4-3-5-21(19)22/h3-10,13,20,23,27H,11-12,14-16H2,1-2H3/t20-,23-/m1/s1. The predicted molar refractivity (Wildman–Crippen MR) is 113 cm³/mol. The Hall–Kier alpha value is -2.43. The largest absolute Gasteiger partial charge is 0.492 e. The molecule has 1 aliphatic heterocycles. The van der Waals surface area contributed by atoms with Crippen molar-refractivity contribution >= 4 is 10.9 Å². The van der Waals surface area contributed by atoms with Gasteiger partial charge in [-0.3, -0.25) is 9.88 Å².